The van der Waals surface area contributed by atoms with Crippen LogP contribution in [-0.2, 0) is 18.2 Å². The van der Waals surface area contributed by atoms with Crippen molar-refractivity contribution in [2.75, 3.05) is 20.3 Å². The van der Waals surface area contributed by atoms with Gasteiger partial charge in [0.1, 0.15) is 0 Å². The molecule has 2 atom stereocenters. The number of nitrogens with zero attached hydrogens (tertiary/aromatic N) is 2. The third-order valence-corrected chi connectivity index (χ3v) is 4.32. The molecule has 0 radical (unpaired) electrons. The van der Waals surface area contributed by atoms with Crippen molar-refractivity contribution >= 4 is 10.9 Å². The van der Waals surface area contributed by atoms with E-state index in [9.17, 15) is 0 Å². The van der Waals surface area contributed by atoms with Crippen LogP contribution in [0.2, 0.25) is 0 Å². The number of fused-ring (bicyclic) bond motifs is 1. The first kappa shape index (κ1) is 13.6. The second-order valence-electron chi connectivity index (χ2n) is 5.74. The smallest absolute Gasteiger partial charge is 0.0718 e. The molecule has 0 amide bonds. The minimum atomic E-state index is 0.472. The number of para-hydroxylation sites is 1. The van der Waals surface area contributed by atoms with Crippen LogP contribution in [0, 0.1) is 5.92 Å². The van der Waals surface area contributed by atoms with Gasteiger partial charge >= 0.3 is 0 Å². The van der Waals surface area contributed by atoms with E-state index in [0.29, 0.717) is 12.0 Å². The largest absolute Gasteiger partial charge is 0.381 e. The van der Waals surface area contributed by atoms with Gasteiger partial charge in [-0.25, -0.2) is 0 Å². The molecule has 108 valence electrons. The van der Waals surface area contributed by atoms with Crippen LogP contribution in [0.5, 0.6) is 0 Å². The van der Waals surface area contributed by atoms with Crippen molar-refractivity contribution in [1.29, 1.82) is 0 Å². The van der Waals surface area contributed by atoms with Crippen LogP contribution in [0.1, 0.15) is 18.5 Å². The van der Waals surface area contributed by atoms with Crippen LogP contribution in [0.3, 0.4) is 0 Å². The standard InChI is InChI=1S/C16H23N3O/c1-17-13(9-12-7-8-20-11-12)10-15-14-5-3-4-6-16(14)19(2)18-15/h3-6,12-13,17H,7-11H2,1-2H3. The highest BCUT2D eigenvalue weighted by Crippen LogP contribution is 2.23. The summed E-state index contributed by atoms with van der Waals surface area (Å²) in [5.41, 5.74) is 2.41. The maximum Gasteiger partial charge on any atom is 0.0718 e. The number of aromatic nitrogens is 2. The molecule has 1 saturated heterocycles. The third kappa shape index (κ3) is 2.72. The van der Waals surface area contributed by atoms with Crippen LogP contribution in [0.15, 0.2) is 24.3 Å². The van der Waals surface area contributed by atoms with E-state index in [0.717, 1.165) is 19.6 Å². The minimum absolute atomic E-state index is 0.472. The minimum Gasteiger partial charge on any atom is -0.381 e. The van der Waals surface area contributed by atoms with Crippen molar-refractivity contribution in [2.45, 2.75) is 25.3 Å². The summed E-state index contributed by atoms with van der Waals surface area (Å²) in [7, 11) is 4.07. The van der Waals surface area contributed by atoms with Gasteiger partial charge in [0.05, 0.1) is 11.2 Å². The molecule has 2 unspecified atom stereocenters. The fraction of sp³-hybridized carbons (Fsp3) is 0.562. The van der Waals surface area contributed by atoms with Crippen LogP contribution in [-0.4, -0.2) is 36.1 Å². The molecule has 1 fully saturated rings. The fourth-order valence-electron chi connectivity index (χ4n) is 3.15. The Balaban J connectivity index is 1.76. The van der Waals surface area contributed by atoms with E-state index in [2.05, 4.69) is 29.6 Å². The zero-order valence-electron chi connectivity index (χ0n) is 12.3. The second kappa shape index (κ2) is 5.94. The van der Waals surface area contributed by atoms with Crippen molar-refractivity contribution in [3.05, 3.63) is 30.0 Å². The number of hydrogen-bond donors (Lipinski definition) is 1. The average Bonchev–Trinajstić information content (AvgIpc) is 3.08. The number of ether oxygens (including phenoxy) is 1. The predicted molar refractivity (Wildman–Crippen MR) is 80.8 cm³/mol. The lowest BCUT2D eigenvalue weighted by Gasteiger charge is -2.18. The van der Waals surface area contributed by atoms with Gasteiger partial charge in [-0.2, -0.15) is 5.10 Å². The Hall–Kier alpha value is -1.39. The molecule has 0 aliphatic carbocycles. The van der Waals surface area contributed by atoms with Gasteiger partial charge in [-0.3, -0.25) is 4.68 Å². The summed E-state index contributed by atoms with van der Waals surface area (Å²) in [5.74, 6) is 0.697. The molecule has 2 aromatic rings. The van der Waals surface area contributed by atoms with E-state index in [1.807, 2.05) is 18.8 Å². The van der Waals surface area contributed by atoms with E-state index in [1.165, 1.54) is 29.4 Å². The molecule has 3 rings (SSSR count). The molecule has 4 nitrogen and oxygen atoms in total. The zero-order valence-corrected chi connectivity index (χ0v) is 12.3. The van der Waals surface area contributed by atoms with Crippen LogP contribution in [0.25, 0.3) is 10.9 Å². The lowest BCUT2D eigenvalue weighted by molar-refractivity contribution is 0.181. The first-order valence-electron chi connectivity index (χ1n) is 7.43. The van der Waals surface area contributed by atoms with Crippen LogP contribution in [0.4, 0.5) is 0 Å². The van der Waals surface area contributed by atoms with Crippen molar-refractivity contribution < 1.29 is 4.74 Å². The van der Waals surface area contributed by atoms with Gasteiger partial charge in [0.15, 0.2) is 0 Å². The molecule has 1 aromatic heterocycles. The number of nitrogens with one attached hydrogen (secondary N) is 1. The van der Waals surface area contributed by atoms with Gasteiger partial charge in [-0.15, -0.1) is 0 Å². The Kier molecular flexibility index (Phi) is 4.03. The summed E-state index contributed by atoms with van der Waals surface area (Å²) in [6.45, 7) is 1.84. The summed E-state index contributed by atoms with van der Waals surface area (Å²) in [5, 5.41) is 9.42. The fourth-order valence-corrected chi connectivity index (χ4v) is 3.15. The highest BCUT2D eigenvalue weighted by atomic mass is 16.5. The Bertz CT molecular complexity index is 572. The highest BCUT2D eigenvalue weighted by Gasteiger charge is 2.21. The lowest BCUT2D eigenvalue weighted by atomic mass is 9.95. The molecule has 1 aromatic carbocycles. The van der Waals surface area contributed by atoms with Gasteiger partial charge < -0.3 is 10.1 Å². The summed E-state index contributed by atoms with van der Waals surface area (Å²) in [6, 6.07) is 8.93. The van der Waals surface area contributed by atoms with E-state index in [-0.39, 0.29) is 0 Å². The van der Waals surface area contributed by atoms with Crippen molar-refractivity contribution in [2.24, 2.45) is 13.0 Å². The predicted octanol–water partition coefficient (Wildman–Crippen LogP) is 2.13. The monoisotopic (exact) mass is 273 g/mol. The Morgan fingerprint density at radius 3 is 3.05 bits per heavy atom. The van der Waals surface area contributed by atoms with Crippen molar-refractivity contribution in [3.63, 3.8) is 0 Å². The third-order valence-electron chi connectivity index (χ3n) is 4.32. The highest BCUT2D eigenvalue weighted by molar-refractivity contribution is 5.81. The molecule has 1 aliphatic heterocycles. The van der Waals surface area contributed by atoms with Crippen molar-refractivity contribution in [3.8, 4) is 0 Å². The summed E-state index contributed by atoms with van der Waals surface area (Å²) in [6.07, 6.45) is 3.34. The summed E-state index contributed by atoms with van der Waals surface area (Å²) in [4.78, 5) is 0. The van der Waals surface area contributed by atoms with E-state index in [1.54, 1.807) is 0 Å². The van der Waals surface area contributed by atoms with Crippen molar-refractivity contribution in [1.82, 2.24) is 15.1 Å². The first-order valence-corrected chi connectivity index (χ1v) is 7.43. The van der Waals surface area contributed by atoms with Gasteiger partial charge in [-0.1, -0.05) is 18.2 Å². The van der Waals surface area contributed by atoms with Gasteiger partial charge in [0, 0.05) is 38.1 Å². The molecular formula is C16H23N3O. The molecule has 0 saturated carbocycles. The Morgan fingerprint density at radius 2 is 2.30 bits per heavy atom. The van der Waals surface area contributed by atoms with Crippen LogP contribution >= 0.6 is 0 Å². The topological polar surface area (TPSA) is 39.1 Å². The molecular weight excluding hydrogens is 250 g/mol. The quantitative estimate of drug-likeness (QED) is 0.907. The van der Waals surface area contributed by atoms with Gasteiger partial charge in [0.25, 0.3) is 0 Å². The Labute approximate surface area is 120 Å². The maximum absolute atomic E-state index is 5.48. The van der Waals surface area contributed by atoms with E-state index < -0.39 is 0 Å². The number of rotatable bonds is 5. The first-order chi connectivity index (χ1) is 9.78. The number of likely N-dealkylation sites (N-methyl/N-ethyl adjacent to an activating group) is 1. The molecule has 1 aliphatic rings. The zero-order chi connectivity index (χ0) is 13.9. The van der Waals surface area contributed by atoms with Gasteiger partial charge in [-0.05, 0) is 31.9 Å². The number of benzene rings is 1. The lowest BCUT2D eigenvalue weighted by Crippen LogP contribution is -2.30. The van der Waals surface area contributed by atoms with E-state index >= 15 is 0 Å². The molecule has 2 heterocycles. The molecule has 20 heavy (non-hydrogen) atoms. The molecule has 0 spiro atoms. The number of aryl methyl sites for hydroxylation is 1. The van der Waals surface area contributed by atoms with E-state index in [4.69, 9.17) is 9.84 Å². The molecule has 0 bridgehead atoms. The molecule has 1 N–H and O–H groups in total. The average molecular weight is 273 g/mol. The van der Waals surface area contributed by atoms with Gasteiger partial charge in [0.2, 0.25) is 0 Å². The number of hydrogen-bond acceptors (Lipinski definition) is 3. The normalized spacial score (nSPS) is 20.6. The maximum atomic E-state index is 5.48. The Morgan fingerprint density at radius 1 is 1.45 bits per heavy atom. The second-order valence-corrected chi connectivity index (χ2v) is 5.74. The summed E-state index contributed by atoms with van der Waals surface area (Å²) < 4.78 is 7.46. The summed E-state index contributed by atoms with van der Waals surface area (Å²) >= 11 is 0. The SMILES string of the molecule is CNC(Cc1nn(C)c2ccccc12)CC1CCOC1. The molecule has 4 heteroatoms. The van der Waals surface area contributed by atoms with Crippen LogP contribution < -0.4 is 5.32 Å².